The summed E-state index contributed by atoms with van der Waals surface area (Å²) in [5, 5.41) is 12.3. The lowest BCUT2D eigenvalue weighted by Crippen LogP contribution is -2.53. The summed E-state index contributed by atoms with van der Waals surface area (Å²) in [5.41, 5.74) is 2.87. The molecule has 2 N–H and O–H groups in total. The first-order valence-electron chi connectivity index (χ1n) is 14.2. The molecular weight excluding hydrogens is 592 g/mol. The maximum atomic E-state index is 14.2. The number of carbonyl (C=O) groups is 1. The Kier molecular flexibility index (Phi) is 9.72. The Morgan fingerprint density at radius 3 is 2.17 bits per heavy atom. The van der Waals surface area contributed by atoms with Crippen LogP contribution in [0.4, 0.5) is 0 Å². The smallest absolute Gasteiger partial charge is 0.252 e. The summed E-state index contributed by atoms with van der Waals surface area (Å²) in [6.45, 7) is 2.86. The lowest BCUT2D eigenvalue weighted by Gasteiger charge is -2.29. The molecule has 1 aliphatic heterocycles. The molecule has 0 aliphatic carbocycles. The zero-order valence-corrected chi connectivity index (χ0v) is 25.2. The van der Waals surface area contributed by atoms with Gasteiger partial charge in [0, 0.05) is 41.9 Å². The maximum Gasteiger partial charge on any atom is 0.252 e. The lowest BCUT2D eigenvalue weighted by molar-refractivity contribution is -0.128. The van der Waals surface area contributed by atoms with E-state index in [1.54, 1.807) is 0 Å². The second kappa shape index (κ2) is 13.8. The van der Waals surface area contributed by atoms with Crippen LogP contribution in [-0.4, -0.2) is 48.3 Å². The monoisotopic (exact) mass is 626 g/mol. The first kappa shape index (κ1) is 29.5. The van der Waals surface area contributed by atoms with Gasteiger partial charge in [-0.3, -0.25) is 4.79 Å². The first-order valence-corrected chi connectivity index (χ1v) is 15.0. The Morgan fingerprint density at radius 1 is 0.952 bits per heavy atom. The fourth-order valence-electron chi connectivity index (χ4n) is 5.20. The van der Waals surface area contributed by atoms with Crippen LogP contribution in [0.25, 0.3) is 0 Å². The van der Waals surface area contributed by atoms with E-state index < -0.39 is 11.6 Å². The molecule has 4 aromatic rings. The summed E-state index contributed by atoms with van der Waals surface area (Å²) in [6.07, 6.45) is 0.460. The molecule has 6 nitrogen and oxygen atoms in total. The van der Waals surface area contributed by atoms with Crippen LogP contribution >= 0.6 is 15.9 Å². The van der Waals surface area contributed by atoms with Crippen LogP contribution < -0.4 is 10.1 Å². The van der Waals surface area contributed by atoms with Gasteiger partial charge in [-0.15, -0.1) is 0 Å². The van der Waals surface area contributed by atoms with E-state index in [4.69, 9.17) is 19.6 Å². The van der Waals surface area contributed by atoms with E-state index in [1.165, 1.54) is 0 Å². The number of hydrogen-bond donors (Lipinski definition) is 2. The summed E-state index contributed by atoms with van der Waals surface area (Å²) < 4.78 is 12.9. The van der Waals surface area contributed by atoms with Crippen molar-refractivity contribution in [3.05, 3.63) is 136 Å². The van der Waals surface area contributed by atoms with Crippen LogP contribution in [0.15, 0.2) is 119 Å². The van der Waals surface area contributed by atoms with Gasteiger partial charge in [-0.25, -0.2) is 4.99 Å². The van der Waals surface area contributed by atoms with E-state index in [2.05, 4.69) is 45.5 Å². The van der Waals surface area contributed by atoms with E-state index >= 15 is 0 Å². The normalized spacial score (nSPS) is 17.9. The molecule has 0 fully saturated rings. The summed E-state index contributed by atoms with van der Waals surface area (Å²) >= 11 is 3.51. The molecule has 0 radical (unpaired) electrons. The van der Waals surface area contributed by atoms with Crippen molar-refractivity contribution in [3.8, 4) is 5.75 Å². The number of nitrogens with zero attached hydrogens (tertiary/aromatic N) is 1. The topological polar surface area (TPSA) is 80.2 Å². The van der Waals surface area contributed by atoms with Crippen LogP contribution in [0.3, 0.4) is 0 Å². The lowest BCUT2D eigenvalue weighted by atomic mass is 9.85. The molecule has 1 heterocycles. The van der Waals surface area contributed by atoms with Gasteiger partial charge in [-0.05, 0) is 60.0 Å². The third kappa shape index (κ3) is 6.92. The van der Waals surface area contributed by atoms with Gasteiger partial charge in [0.2, 0.25) is 5.90 Å². The van der Waals surface area contributed by atoms with E-state index in [0.717, 1.165) is 26.7 Å². The van der Waals surface area contributed by atoms with Crippen molar-refractivity contribution >= 4 is 27.7 Å². The molecule has 42 heavy (non-hydrogen) atoms. The van der Waals surface area contributed by atoms with Gasteiger partial charge in [0.05, 0.1) is 6.61 Å². The predicted octanol–water partition coefficient (Wildman–Crippen LogP) is 6.31. The minimum absolute atomic E-state index is 0.0134. The van der Waals surface area contributed by atoms with E-state index in [-0.39, 0.29) is 18.4 Å². The highest BCUT2D eigenvalue weighted by Crippen LogP contribution is 2.34. The Balaban J connectivity index is 1.43. The molecule has 0 saturated heterocycles. The quantitative estimate of drug-likeness (QED) is 0.181. The SMILES string of the molecule is C[C@H]1OC(c2ccc(OCCCO)cc2)=N[C@@]1(Cc1ccc(Br)cc1)C(=O)NCC(c1ccccc1)c1ccccc1. The second-order valence-corrected chi connectivity index (χ2v) is 11.4. The van der Waals surface area contributed by atoms with Gasteiger partial charge in [0.1, 0.15) is 11.9 Å². The molecule has 4 aromatic carbocycles. The number of aliphatic hydroxyl groups is 1. The highest BCUT2D eigenvalue weighted by molar-refractivity contribution is 9.10. The molecule has 0 aromatic heterocycles. The van der Waals surface area contributed by atoms with Gasteiger partial charge in [0.15, 0.2) is 5.54 Å². The molecule has 0 saturated carbocycles. The molecule has 1 amide bonds. The third-order valence-electron chi connectivity index (χ3n) is 7.59. The minimum Gasteiger partial charge on any atom is -0.494 e. The van der Waals surface area contributed by atoms with Crippen LogP contribution in [0.2, 0.25) is 0 Å². The molecule has 0 spiro atoms. The largest absolute Gasteiger partial charge is 0.494 e. The summed E-state index contributed by atoms with van der Waals surface area (Å²) in [6, 6.07) is 35.9. The Hall–Kier alpha value is -3.94. The van der Waals surface area contributed by atoms with Gasteiger partial charge in [-0.2, -0.15) is 0 Å². The standard InChI is InChI=1S/C35H35BrN2O4/c1-25-35(23-26-13-17-30(36)18-14-26,38-33(42-25)29-15-19-31(20-16-29)41-22-8-21-39)34(40)37-24-32(27-9-4-2-5-10-27)28-11-6-3-7-12-28/h2-7,9-20,25,32,39H,8,21-24H2,1H3,(H,37,40)/t25-,35-/m1/s1. The number of benzene rings is 4. The molecule has 7 heteroatoms. The number of ether oxygens (including phenoxy) is 2. The van der Waals surface area contributed by atoms with Gasteiger partial charge >= 0.3 is 0 Å². The van der Waals surface area contributed by atoms with Crippen molar-refractivity contribution in [3.63, 3.8) is 0 Å². The number of aliphatic imine (C=N–C) groups is 1. The van der Waals surface area contributed by atoms with Crippen LogP contribution in [0, 0.1) is 0 Å². The Labute approximate surface area is 255 Å². The zero-order chi connectivity index (χ0) is 29.4. The first-order chi connectivity index (χ1) is 20.5. The fourth-order valence-corrected chi connectivity index (χ4v) is 5.47. The van der Waals surface area contributed by atoms with E-state index in [9.17, 15) is 4.79 Å². The average molecular weight is 628 g/mol. The van der Waals surface area contributed by atoms with Gasteiger partial charge < -0.3 is 19.9 Å². The van der Waals surface area contributed by atoms with Crippen LogP contribution in [0.5, 0.6) is 5.75 Å². The van der Waals surface area contributed by atoms with E-state index in [1.807, 2.05) is 91.9 Å². The molecule has 0 bridgehead atoms. The van der Waals surface area contributed by atoms with Crippen molar-refractivity contribution in [1.82, 2.24) is 5.32 Å². The van der Waals surface area contributed by atoms with Crippen molar-refractivity contribution in [2.75, 3.05) is 19.8 Å². The highest BCUT2D eigenvalue weighted by Gasteiger charge is 2.50. The third-order valence-corrected chi connectivity index (χ3v) is 8.11. The van der Waals surface area contributed by atoms with Crippen molar-refractivity contribution < 1.29 is 19.4 Å². The molecule has 0 unspecified atom stereocenters. The Morgan fingerprint density at radius 2 is 1.57 bits per heavy atom. The minimum atomic E-state index is -1.16. The highest BCUT2D eigenvalue weighted by atomic mass is 79.9. The molecule has 1 aliphatic rings. The van der Waals surface area contributed by atoms with Crippen molar-refractivity contribution in [2.45, 2.75) is 37.3 Å². The molecule has 5 rings (SSSR count). The number of carbonyl (C=O) groups excluding carboxylic acids is 1. The fraction of sp³-hybridized carbons (Fsp3) is 0.257. The second-order valence-electron chi connectivity index (χ2n) is 10.4. The zero-order valence-electron chi connectivity index (χ0n) is 23.6. The summed E-state index contributed by atoms with van der Waals surface area (Å²) in [5.74, 6) is 0.944. The number of halogens is 1. The molecule has 216 valence electrons. The van der Waals surface area contributed by atoms with Crippen molar-refractivity contribution in [2.24, 2.45) is 4.99 Å². The number of rotatable bonds is 12. The predicted molar refractivity (Wildman–Crippen MR) is 169 cm³/mol. The van der Waals surface area contributed by atoms with Crippen molar-refractivity contribution in [1.29, 1.82) is 0 Å². The Bertz CT molecular complexity index is 1440. The number of hydrogen-bond acceptors (Lipinski definition) is 5. The molecular formula is C35H35BrN2O4. The van der Waals surface area contributed by atoms with E-state index in [0.29, 0.717) is 37.6 Å². The van der Waals surface area contributed by atoms with Gasteiger partial charge in [0.25, 0.3) is 5.91 Å². The summed E-state index contributed by atoms with van der Waals surface area (Å²) in [7, 11) is 0. The molecule has 2 atom stereocenters. The van der Waals surface area contributed by atoms with Crippen LogP contribution in [0.1, 0.15) is 41.5 Å². The van der Waals surface area contributed by atoms with Crippen LogP contribution in [-0.2, 0) is 16.0 Å². The summed E-state index contributed by atoms with van der Waals surface area (Å²) in [4.78, 5) is 19.3. The maximum absolute atomic E-state index is 14.2. The average Bonchev–Trinajstić information content (AvgIpc) is 3.36. The number of aliphatic hydroxyl groups excluding tert-OH is 1. The number of nitrogens with one attached hydrogen (secondary N) is 1. The number of amides is 1. The van der Waals surface area contributed by atoms with Gasteiger partial charge in [-0.1, -0.05) is 88.7 Å².